The highest BCUT2D eigenvalue weighted by atomic mass is 79.9. The summed E-state index contributed by atoms with van der Waals surface area (Å²) >= 11 is 3.00. The second kappa shape index (κ2) is 9.88. The molecule has 0 bridgehead atoms. The van der Waals surface area contributed by atoms with Crippen molar-refractivity contribution in [3.63, 3.8) is 0 Å². The predicted octanol–water partition coefficient (Wildman–Crippen LogP) is 2.16. The Morgan fingerprint density at radius 3 is 2.30 bits per heavy atom. The number of hydrogen-bond donors (Lipinski definition) is 3. The minimum atomic E-state index is -1.20. The molecule has 9 heteroatoms. The third-order valence-electron chi connectivity index (χ3n) is 5.03. The molecule has 2 aromatic rings. The number of benzene rings is 1. The monoisotopic (exact) mass is 479 g/mol. The molecule has 0 spiro atoms. The Balaban J connectivity index is 2.27. The predicted molar refractivity (Wildman–Crippen MR) is 117 cm³/mol. The molecular weight excluding hydrogens is 454 g/mol. The molecule has 0 aliphatic carbocycles. The van der Waals surface area contributed by atoms with Gasteiger partial charge < -0.3 is 20.3 Å². The molecule has 1 unspecified atom stereocenters. The lowest BCUT2D eigenvalue weighted by molar-refractivity contribution is -0.140. The van der Waals surface area contributed by atoms with Gasteiger partial charge in [-0.1, -0.05) is 48.0 Å². The van der Waals surface area contributed by atoms with Gasteiger partial charge in [-0.25, -0.2) is 0 Å². The van der Waals surface area contributed by atoms with Crippen molar-refractivity contribution in [3.8, 4) is 0 Å². The molecule has 0 saturated carbocycles. The van der Waals surface area contributed by atoms with Gasteiger partial charge in [0, 0.05) is 18.0 Å². The van der Waals surface area contributed by atoms with Crippen LogP contribution >= 0.6 is 15.9 Å². The first-order chi connectivity index (χ1) is 14.1. The Morgan fingerprint density at radius 1 is 1.13 bits per heavy atom. The zero-order valence-corrected chi connectivity index (χ0v) is 18.9. The van der Waals surface area contributed by atoms with Crippen molar-refractivity contribution in [2.24, 2.45) is 13.0 Å². The van der Waals surface area contributed by atoms with E-state index in [2.05, 4.69) is 26.6 Å². The molecule has 30 heavy (non-hydrogen) atoms. The molecule has 2 rings (SSSR count). The molecule has 3 N–H and O–H groups in total. The molecule has 162 valence electrons. The third kappa shape index (κ3) is 5.08. The van der Waals surface area contributed by atoms with Crippen molar-refractivity contribution in [2.75, 3.05) is 5.33 Å². The van der Waals surface area contributed by atoms with Crippen molar-refractivity contribution >= 4 is 50.4 Å². The van der Waals surface area contributed by atoms with Crippen molar-refractivity contribution in [1.29, 1.82) is 0 Å². The van der Waals surface area contributed by atoms with Gasteiger partial charge in [0.1, 0.15) is 11.7 Å². The van der Waals surface area contributed by atoms with E-state index in [0.29, 0.717) is 5.69 Å². The number of nitrogens with zero attached hydrogens (tertiary/aromatic N) is 1. The molecule has 2 amide bonds. The van der Waals surface area contributed by atoms with Crippen LogP contribution in [0.5, 0.6) is 0 Å². The highest BCUT2D eigenvalue weighted by molar-refractivity contribution is 9.09. The fourth-order valence-corrected chi connectivity index (χ4v) is 3.82. The van der Waals surface area contributed by atoms with E-state index in [1.807, 2.05) is 31.2 Å². The number of Topliss-reactive ketones (excluding diaryl/α,β-unsaturated/α-hetero) is 1. The van der Waals surface area contributed by atoms with Crippen LogP contribution in [0.25, 0.3) is 10.9 Å². The first kappa shape index (κ1) is 23.6. The number of aliphatic carboxylic acids is 1. The fourth-order valence-electron chi connectivity index (χ4n) is 3.42. The number of halogens is 1. The first-order valence-corrected chi connectivity index (χ1v) is 10.7. The van der Waals surface area contributed by atoms with Gasteiger partial charge in [-0.15, -0.1) is 0 Å². The Hall–Kier alpha value is -2.68. The van der Waals surface area contributed by atoms with Crippen LogP contribution in [-0.4, -0.2) is 50.7 Å². The maximum absolute atomic E-state index is 13.0. The summed E-state index contributed by atoms with van der Waals surface area (Å²) in [5.41, 5.74) is 2.13. The molecule has 0 fully saturated rings. The number of aromatic nitrogens is 1. The lowest BCUT2D eigenvalue weighted by Gasteiger charge is -2.24. The summed E-state index contributed by atoms with van der Waals surface area (Å²) in [6.07, 6.45) is -0.531. The number of carboxylic acid groups (broad SMARTS) is 1. The second-order valence-corrected chi connectivity index (χ2v) is 8.06. The van der Waals surface area contributed by atoms with Gasteiger partial charge in [-0.3, -0.25) is 19.2 Å². The molecule has 8 nitrogen and oxygen atoms in total. The van der Waals surface area contributed by atoms with Crippen molar-refractivity contribution in [1.82, 2.24) is 15.2 Å². The molecule has 2 atom stereocenters. The zero-order chi connectivity index (χ0) is 22.6. The molecule has 0 aliphatic heterocycles. The van der Waals surface area contributed by atoms with Crippen LogP contribution in [0.1, 0.15) is 36.3 Å². The lowest BCUT2D eigenvalue weighted by atomic mass is 10.0. The van der Waals surface area contributed by atoms with Crippen LogP contribution in [0.4, 0.5) is 0 Å². The Morgan fingerprint density at radius 2 is 1.77 bits per heavy atom. The summed E-state index contributed by atoms with van der Waals surface area (Å²) in [7, 11) is 1.78. The summed E-state index contributed by atoms with van der Waals surface area (Å²) in [4.78, 5) is 48.9. The normalized spacial score (nSPS) is 13.1. The Labute approximate surface area is 183 Å². The number of rotatable bonds is 9. The number of amides is 2. The summed E-state index contributed by atoms with van der Waals surface area (Å²) in [5.74, 6) is -2.96. The van der Waals surface area contributed by atoms with E-state index in [-0.39, 0.29) is 11.2 Å². The zero-order valence-electron chi connectivity index (χ0n) is 17.4. The number of fused-ring (bicyclic) bond motifs is 1. The molecule has 1 aromatic heterocycles. The highest BCUT2D eigenvalue weighted by Crippen LogP contribution is 2.24. The quantitative estimate of drug-likeness (QED) is 0.476. The van der Waals surface area contributed by atoms with Crippen LogP contribution in [0, 0.1) is 12.8 Å². The van der Waals surface area contributed by atoms with Crippen LogP contribution in [0.15, 0.2) is 24.3 Å². The van der Waals surface area contributed by atoms with E-state index < -0.39 is 42.1 Å². The average Bonchev–Trinajstić information content (AvgIpc) is 2.95. The topological polar surface area (TPSA) is 118 Å². The van der Waals surface area contributed by atoms with Crippen molar-refractivity contribution in [3.05, 3.63) is 35.5 Å². The largest absolute Gasteiger partial charge is 0.481 e. The smallest absolute Gasteiger partial charge is 0.305 e. The molecule has 0 saturated heterocycles. The van der Waals surface area contributed by atoms with E-state index >= 15 is 0 Å². The third-order valence-corrected chi connectivity index (χ3v) is 5.58. The maximum atomic E-state index is 13.0. The van der Waals surface area contributed by atoms with E-state index in [1.165, 1.54) is 0 Å². The van der Waals surface area contributed by atoms with Gasteiger partial charge >= 0.3 is 5.97 Å². The van der Waals surface area contributed by atoms with Crippen molar-refractivity contribution < 1.29 is 24.3 Å². The number of carboxylic acids is 1. The molecule has 0 radical (unpaired) electrons. The number of nitrogens with one attached hydrogen (secondary N) is 2. The molecule has 1 heterocycles. The average molecular weight is 480 g/mol. The minimum Gasteiger partial charge on any atom is -0.481 e. The molecule has 1 aromatic carbocycles. The maximum Gasteiger partial charge on any atom is 0.305 e. The van der Waals surface area contributed by atoms with Gasteiger partial charge in [0.2, 0.25) is 5.91 Å². The van der Waals surface area contributed by atoms with E-state index in [1.54, 1.807) is 25.5 Å². The van der Waals surface area contributed by atoms with Gasteiger partial charge in [0.25, 0.3) is 5.91 Å². The Bertz CT molecular complexity index is 943. The highest BCUT2D eigenvalue weighted by Gasteiger charge is 2.31. The van der Waals surface area contributed by atoms with E-state index in [9.17, 15) is 19.2 Å². The van der Waals surface area contributed by atoms with Gasteiger partial charge in [0.05, 0.1) is 17.8 Å². The van der Waals surface area contributed by atoms with Crippen LogP contribution in [-0.2, 0) is 21.4 Å². The van der Waals surface area contributed by atoms with E-state index in [0.717, 1.165) is 16.5 Å². The van der Waals surface area contributed by atoms with Gasteiger partial charge in [-0.2, -0.15) is 0 Å². The Kier molecular flexibility index (Phi) is 7.77. The van der Waals surface area contributed by atoms with Crippen molar-refractivity contribution in [2.45, 2.75) is 39.3 Å². The summed E-state index contributed by atoms with van der Waals surface area (Å²) in [5, 5.41) is 15.1. The number of carbonyl (C=O) groups excluding carboxylic acids is 3. The second-order valence-electron chi connectivity index (χ2n) is 7.50. The standard InChI is InChI=1S/C21H26BrN3O5/c1-11(2)18(20(29)23-14(9-17(27)28)16(26)10-22)24-21(30)19-12(3)13-7-5-6-8-15(13)25(19)4/h5-8,11,14,18H,9-10H2,1-4H3,(H,23,29)(H,24,30)(H,27,28)/t14?,18-/m0/s1. The van der Waals surface area contributed by atoms with E-state index in [4.69, 9.17) is 5.11 Å². The van der Waals surface area contributed by atoms with Gasteiger partial charge in [0.15, 0.2) is 5.78 Å². The summed E-state index contributed by atoms with van der Waals surface area (Å²) < 4.78 is 1.77. The molecular formula is C21H26BrN3O5. The summed E-state index contributed by atoms with van der Waals surface area (Å²) in [6.45, 7) is 5.37. The molecule has 0 aliphatic rings. The number of alkyl halides is 1. The first-order valence-electron chi connectivity index (χ1n) is 9.54. The fraction of sp³-hybridized carbons (Fsp3) is 0.429. The number of ketones is 1. The SMILES string of the molecule is Cc1c(C(=O)N[C@H](C(=O)NC(CC(=O)O)C(=O)CBr)C(C)C)n(C)c2ccccc12. The number of carbonyl (C=O) groups is 4. The number of hydrogen-bond acceptors (Lipinski definition) is 4. The number of para-hydroxylation sites is 1. The summed E-state index contributed by atoms with van der Waals surface area (Å²) in [6, 6.07) is 5.51. The lowest BCUT2D eigenvalue weighted by Crippen LogP contribution is -2.54. The van der Waals surface area contributed by atoms with Gasteiger partial charge in [-0.05, 0) is 24.5 Å². The number of aryl methyl sites for hydroxylation is 2. The van der Waals surface area contributed by atoms with Crippen LogP contribution in [0.2, 0.25) is 0 Å². The van der Waals surface area contributed by atoms with Crippen LogP contribution < -0.4 is 10.6 Å². The van der Waals surface area contributed by atoms with Crippen LogP contribution in [0.3, 0.4) is 0 Å². The minimum absolute atomic E-state index is 0.0843.